The van der Waals surface area contributed by atoms with E-state index in [0.29, 0.717) is 11.3 Å². The lowest BCUT2D eigenvalue weighted by Crippen LogP contribution is -2.50. The molecule has 24 heavy (non-hydrogen) atoms. The molecule has 0 bridgehead atoms. The van der Waals surface area contributed by atoms with Crippen LogP contribution in [0.5, 0.6) is 0 Å². The molecule has 7 heteroatoms. The van der Waals surface area contributed by atoms with Gasteiger partial charge in [0.05, 0.1) is 7.11 Å². The summed E-state index contributed by atoms with van der Waals surface area (Å²) in [6.45, 7) is 8.40. The Morgan fingerprint density at radius 3 is 1.96 bits per heavy atom. The number of hydrogen-bond acceptors (Lipinski definition) is 5. The maximum Gasteiger partial charge on any atom is 0.412 e. The largest absolute Gasteiger partial charge is 0.467 e. The molecule has 1 rings (SSSR count). The molecule has 0 spiro atoms. The Balaban J connectivity index is 2.72. The molecule has 0 heterocycles. The fourth-order valence-electron chi connectivity index (χ4n) is 1.79. The van der Waals surface area contributed by atoms with E-state index < -0.39 is 29.1 Å². The molecule has 0 radical (unpaired) electrons. The summed E-state index contributed by atoms with van der Waals surface area (Å²) in [5.74, 6) is -0.965. The van der Waals surface area contributed by atoms with Crippen molar-refractivity contribution in [2.75, 3.05) is 12.4 Å². The first-order valence-corrected chi connectivity index (χ1v) is 7.45. The van der Waals surface area contributed by atoms with Crippen molar-refractivity contribution < 1.29 is 23.9 Å². The smallest absolute Gasteiger partial charge is 0.412 e. The van der Waals surface area contributed by atoms with Gasteiger partial charge in [0, 0.05) is 11.3 Å². The van der Waals surface area contributed by atoms with E-state index in [1.807, 2.05) is 0 Å². The Hall–Kier alpha value is -2.57. The van der Waals surface area contributed by atoms with E-state index in [0.717, 1.165) is 0 Å². The zero-order valence-electron chi connectivity index (χ0n) is 14.9. The third-order valence-electron chi connectivity index (χ3n) is 2.91. The highest BCUT2D eigenvalue weighted by molar-refractivity contribution is 5.98. The minimum absolute atomic E-state index is 0.349. The minimum atomic E-state index is -1.14. The number of nitrogens with one attached hydrogen (secondary N) is 2. The van der Waals surface area contributed by atoms with Gasteiger partial charge < -0.3 is 14.8 Å². The Labute approximate surface area is 141 Å². The van der Waals surface area contributed by atoms with Crippen molar-refractivity contribution in [2.24, 2.45) is 0 Å². The quantitative estimate of drug-likeness (QED) is 0.825. The van der Waals surface area contributed by atoms with E-state index in [9.17, 15) is 14.4 Å². The number of carbonyl (C=O) groups is 3. The van der Waals surface area contributed by atoms with E-state index >= 15 is 0 Å². The zero-order chi connectivity index (χ0) is 18.5. The number of hydrogen-bond donors (Lipinski definition) is 2. The van der Waals surface area contributed by atoms with Gasteiger partial charge >= 0.3 is 12.1 Å². The van der Waals surface area contributed by atoms with Gasteiger partial charge in [-0.3, -0.25) is 10.1 Å². The highest BCUT2D eigenvalue weighted by Gasteiger charge is 2.30. The van der Waals surface area contributed by atoms with Gasteiger partial charge in [-0.15, -0.1) is 0 Å². The molecular weight excluding hydrogens is 312 g/mol. The topological polar surface area (TPSA) is 93.7 Å². The monoisotopic (exact) mass is 336 g/mol. The Bertz CT molecular complexity index is 615. The zero-order valence-corrected chi connectivity index (χ0v) is 14.9. The van der Waals surface area contributed by atoms with Crippen molar-refractivity contribution in [1.82, 2.24) is 5.32 Å². The minimum Gasteiger partial charge on any atom is -0.467 e. The molecule has 1 aromatic carbocycles. The molecule has 0 fully saturated rings. The van der Waals surface area contributed by atoms with Gasteiger partial charge in [-0.2, -0.15) is 0 Å². The number of anilines is 1. The molecule has 0 saturated carbocycles. The highest BCUT2D eigenvalue weighted by Crippen LogP contribution is 2.14. The number of rotatable bonds is 4. The maximum atomic E-state index is 12.2. The van der Waals surface area contributed by atoms with Gasteiger partial charge in [0.2, 0.25) is 0 Å². The summed E-state index contributed by atoms with van der Waals surface area (Å²) in [7, 11) is 1.26. The van der Waals surface area contributed by atoms with Crippen molar-refractivity contribution in [3.05, 3.63) is 29.8 Å². The summed E-state index contributed by atoms with van der Waals surface area (Å²) >= 11 is 0. The molecule has 7 nitrogen and oxygen atoms in total. The third kappa shape index (κ3) is 5.91. The summed E-state index contributed by atoms with van der Waals surface area (Å²) in [6.07, 6.45) is -0.577. The number of esters is 1. The van der Waals surface area contributed by atoms with E-state index in [4.69, 9.17) is 4.74 Å². The normalized spacial score (nSPS) is 11.4. The summed E-state index contributed by atoms with van der Waals surface area (Å²) in [4.78, 5) is 35.4. The molecule has 0 unspecified atom stereocenters. The average Bonchev–Trinajstić information content (AvgIpc) is 2.44. The standard InChI is InChI=1S/C17H24N2O5/c1-16(2,3)24-15(22)18-12-9-7-11(8-10-12)13(20)19-17(4,5)14(21)23-6/h7-10H,1-6H3,(H,18,22)(H,19,20). The predicted molar refractivity (Wildman–Crippen MR) is 89.9 cm³/mol. The van der Waals surface area contributed by atoms with Crippen molar-refractivity contribution >= 4 is 23.7 Å². The fraction of sp³-hybridized carbons (Fsp3) is 0.471. The van der Waals surface area contributed by atoms with Gasteiger partial charge in [0.1, 0.15) is 11.1 Å². The summed E-state index contributed by atoms with van der Waals surface area (Å²) in [5.41, 5.74) is -0.891. The van der Waals surface area contributed by atoms with Gasteiger partial charge in [-0.05, 0) is 58.9 Å². The Morgan fingerprint density at radius 1 is 0.958 bits per heavy atom. The lowest BCUT2D eigenvalue weighted by molar-refractivity contribution is -0.146. The second-order valence-corrected chi connectivity index (χ2v) is 6.77. The molecule has 1 aromatic rings. The lowest BCUT2D eigenvalue weighted by Gasteiger charge is -2.23. The van der Waals surface area contributed by atoms with Crippen LogP contribution in [-0.2, 0) is 14.3 Å². The number of carbonyl (C=O) groups excluding carboxylic acids is 3. The molecule has 0 aliphatic carbocycles. The highest BCUT2D eigenvalue weighted by atomic mass is 16.6. The number of amides is 2. The van der Waals surface area contributed by atoms with Crippen LogP contribution >= 0.6 is 0 Å². The third-order valence-corrected chi connectivity index (χ3v) is 2.91. The fourth-order valence-corrected chi connectivity index (χ4v) is 1.79. The molecule has 0 atom stereocenters. The SMILES string of the molecule is COC(=O)C(C)(C)NC(=O)c1ccc(NC(=O)OC(C)(C)C)cc1. The molecular formula is C17H24N2O5. The van der Waals surface area contributed by atoms with Crippen LogP contribution in [0.3, 0.4) is 0 Å². The first-order chi connectivity index (χ1) is 10.9. The predicted octanol–water partition coefficient (Wildman–Crippen LogP) is 2.72. The molecule has 2 amide bonds. The molecule has 2 N–H and O–H groups in total. The van der Waals surface area contributed by atoms with Gasteiger partial charge in [-0.25, -0.2) is 9.59 Å². The van der Waals surface area contributed by atoms with Crippen molar-refractivity contribution in [1.29, 1.82) is 0 Å². The summed E-state index contributed by atoms with van der Waals surface area (Å²) in [6, 6.07) is 6.22. The van der Waals surface area contributed by atoms with Crippen LogP contribution in [0, 0.1) is 0 Å². The van der Waals surface area contributed by atoms with Crippen LogP contribution in [-0.4, -0.2) is 36.2 Å². The molecule has 132 valence electrons. The average molecular weight is 336 g/mol. The number of benzene rings is 1. The maximum absolute atomic E-state index is 12.2. The van der Waals surface area contributed by atoms with Crippen molar-refractivity contribution in [2.45, 2.75) is 45.8 Å². The van der Waals surface area contributed by atoms with Gasteiger partial charge in [-0.1, -0.05) is 0 Å². The van der Waals surface area contributed by atoms with Crippen molar-refractivity contribution in [3.63, 3.8) is 0 Å². The van der Waals surface area contributed by atoms with E-state index in [-0.39, 0.29) is 0 Å². The van der Waals surface area contributed by atoms with E-state index in [1.165, 1.54) is 19.2 Å². The lowest BCUT2D eigenvalue weighted by atomic mass is 10.0. The molecule has 0 aliphatic heterocycles. The van der Waals surface area contributed by atoms with E-state index in [1.54, 1.807) is 46.8 Å². The number of ether oxygens (including phenoxy) is 2. The molecule has 0 saturated heterocycles. The van der Waals surface area contributed by atoms with E-state index in [2.05, 4.69) is 15.4 Å². The Kier molecular flexibility index (Phi) is 5.95. The first kappa shape index (κ1) is 19.5. The van der Waals surface area contributed by atoms with Crippen LogP contribution in [0.15, 0.2) is 24.3 Å². The van der Waals surface area contributed by atoms with Crippen LogP contribution in [0.4, 0.5) is 10.5 Å². The van der Waals surface area contributed by atoms with Crippen LogP contribution < -0.4 is 10.6 Å². The molecule has 0 aromatic heterocycles. The second-order valence-electron chi connectivity index (χ2n) is 6.77. The van der Waals surface area contributed by atoms with Crippen LogP contribution in [0.25, 0.3) is 0 Å². The summed E-state index contributed by atoms with van der Waals surface area (Å²) < 4.78 is 9.78. The first-order valence-electron chi connectivity index (χ1n) is 7.45. The van der Waals surface area contributed by atoms with Crippen LogP contribution in [0.1, 0.15) is 45.0 Å². The molecule has 0 aliphatic rings. The Morgan fingerprint density at radius 2 is 1.50 bits per heavy atom. The summed E-state index contributed by atoms with van der Waals surface area (Å²) in [5, 5.41) is 5.16. The van der Waals surface area contributed by atoms with Crippen molar-refractivity contribution in [3.8, 4) is 0 Å². The van der Waals surface area contributed by atoms with Gasteiger partial charge in [0.15, 0.2) is 0 Å². The second kappa shape index (κ2) is 7.33. The van der Waals surface area contributed by atoms with Gasteiger partial charge in [0.25, 0.3) is 5.91 Å². The van der Waals surface area contributed by atoms with Crippen LogP contribution in [0.2, 0.25) is 0 Å². The number of methoxy groups -OCH3 is 1.